The van der Waals surface area contributed by atoms with E-state index in [4.69, 9.17) is 0 Å². The third-order valence-electron chi connectivity index (χ3n) is 2.41. The molecule has 0 aromatic heterocycles. The average molecular weight is 224 g/mol. The zero-order valence-electron chi connectivity index (χ0n) is 8.69. The van der Waals surface area contributed by atoms with E-state index in [0.717, 1.165) is 5.92 Å². The number of rotatable bonds is 1. The normalized spacial score (nSPS) is 27.6. The summed E-state index contributed by atoms with van der Waals surface area (Å²) in [5.41, 5.74) is 2.84. The van der Waals surface area contributed by atoms with Crippen molar-refractivity contribution >= 4 is 23.5 Å². The first-order valence-electron chi connectivity index (χ1n) is 5.05. The summed E-state index contributed by atoms with van der Waals surface area (Å²) in [6, 6.07) is 8.98. The lowest BCUT2D eigenvalue weighted by molar-refractivity contribution is 0.757. The van der Waals surface area contributed by atoms with E-state index in [1.807, 2.05) is 0 Å². The second kappa shape index (κ2) is 4.63. The van der Waals surface area contributed by atoms with Crippen molar-refractivity contribution in [3.05, 3.63) is 35.4 Å². The molecule has 0 amide bonds. The third-order valence-corrected chi connectivity index (χ3v) is 5.90. The Morgan fingerprint density at radius 3 is 2.21 bits per heavy atom. The SMILES string of the molecule is Cc1ccc(C2SCC(C)CS2)cc1. The highest BCUT2D eigenvalue weighted by molar-refractivity contribution is 8.16. The fourth-order valence-electron chi connectivity index (χ4n) is 1.52. The Kier molecular flexibility index (Phi) is 3.45. The summed E-state index contributed by atoms with van der Waals surface area (Å²) in [5.74, 6) is 3.50. The molecule has 0 N–H and O–H groups in total. The van der Waals surface area contributed by atoms with Crippen molar-refractivity contribution in [1.29, 1.82) is 0 Å². The minimum Gasteiger partial charge on any atom is -0.142 e. The summed E-state index contributed by atoms with van der Waals surface area (Å²) in [7, 11) is 0. The second-order valence-electron chi connectivity index (χ2n) is 4.01. The van der Waals surface area contributed by atoms with Gasteiger partial charge in [-0.1, -0.05) is 36.8 Å². The Morgan fingerprint density at radius 2 is 1.64 bits per heavy atom. The van der Waals surface area contributed by atoms with Crippen LogP contribution in [0.3, 0.4) is 0 Å². The maximum atomic E-state index is 2.34. The number of hydrogen-bond acceptors (Lipinski definition) is 2. The Labute approximate surface area is 94.9 Å². The molecule has 1 aliphatic heterocycles. The quantitative estimate of drug-likeness (QED) is 0.704. The van der Waals surface area contributed by atoms with Crippen LogP contribution in [0.5, 0.6) is 0 Å². The van der Waals surface area contributed by atoms with Crippen molar-refractivity contribution in [3.63, 3.8) is 0 Å². The Bertz CT molecular complexity index is 284. The summed E-state index contributed by atoms with van der Waals surface area (Å²) in [6.07, 6.45) is 0. The number of thioether (sulfide) groups is 2. The van der Waals surface area contributed by atoms with Gasteiger partial charge in [0.2, 0.25) is 0 Å². The van der Waals surface area contributed by atoms with Crippen molar-refractivity contribution in [2.45, 2.75) is 18.4 Å². The van der Waals surface area contributed by atoms with Gasteiger partial charge in [0.1, 0.15) is 0 Å². The van der Waals surface area contributed by atoms with E-state index < -0.39 is 0 Å². The van der Waals surface area contributed by atoms with Gasteiger partial charge >= 0.3 is 0 Å². The van der Waals surface area contributed by atoms with Crippen LogP contribution in [0.25, 0.3) is 0 Å². The predicted molar refractivity (Wildman–Crippen MR) is 68.0 cm³/mol. The zero-order valence-corrected chi connectivity index (χ0v) is 10.3. The van der Waals surface area contributed by atoms with E-state index in [1.165, 1.54) is 22.6 Å². The maximum Gasteiger partial charge on any atom is 0.0751 e. The van der Waals surface area contributed by atoms with Gasteiger partial charge in [0.05, 0.1) is 4.58 Å². The predicted octanol–water partition coefficient (Wildman–Crippen LogP) is 4.11. The molecule has 1 saturated heterocycles. The van der Waals surface area contributed by atoms with Crippen molar-refractivity contribution < 1.29 is 0 Å². The van der Waals surface area contributed by atoms with Crippen molar-refractivity contribution in [3.8, 4) is 0 Å². The van der Waals surface area contributed by atoms with Gasteiger partial charge in [-0.05, 0) is 29.9 Å². The van der Waals surface area contributed by atoms with E-state index >= 15 is 0 Å². The molecule has 0 bridgehead atoms. The molecular weight excluding hydrogens is 208 g/mol. The van der Waals surface area contributed by atoms with Crippen molar-refractivity contribution in [2.24, 2.45) is 5.92 Å². The lowest BCUT2D eigenvalue weighted by Gasteiger charge is -2.25. The second-order valence-corrected chi connectivity index (χ2v) is 6.59. The molecule has 0 aliphatic carbocycles. The number of hydrogen-bond donors (Lipinski definition) is 0. The standard InChI is InChI=1S/C12H16S2/c1-9-3-5-11(6-4-9)12-13-7-10(2)8-14-12/h3-6,10,12H,7-8H2,1-2H3. The fourth-order valence-corrected chi connectivity index (χ4v) is 4.46. The molecule has 0 atom stereocenters. The number of benzene rings is 1. The van der Waals surface area contributed by atoms with Gasteiger partial charge in [-0.25, -0.2) is 0 Å². The summed E-state index contributed by atoms with van der Waals surface area (Å²) in [4.78, 5) is 0. The smallest absolute Gasteiger partial charge is 0.0751 e. The molecule has 0 saturated carbocycles. The highest BCUT2D eigenvalue weighted by Gasteiger charge is 2.20. The Balaban J connectivity index is 2.05. The van der Waals surface area contributed by atoms with Crippen LogP contribution >= 0.6 is 23.5 Å². The third kappa shape index (κ3) is 2.48. The van der Waals surface area contributed by atoms with E-state index in [1.54, 1.807) is 0 Å². The molecule has 0 unspecified atom stereocenters. The Hall–Kier alpha value is -0.0800. The van der Waals surface area contributed by atoms with Gasteiger partial charge in [-0.2, -0.15) is 0 Å². The minimum atomic E-state index is 0.673. The van der Waals surface area contributed by atoms with Crippen LogP contribution in [0.2, 0.25) is 0 Å². The first-order chi connectivity index (χ1) is 6.75. The monoisotopic (exact) mass is 224 g/mol. The summed E-state index contributed by atoms with van der Waals surface area (Å²) in [6.45, 7) is 4.48. The molecule has 0 nitrogen and oxygen atoms in total. The molecule has 0 radical (unpaired) electrons. The molecule has 1 heterocycles. The average Bonchev–Trinajstić information content (AvgIpc) is 2.21. The Morgan fingerprint density at radius 1 is 1.07 bits per heavy atom. The molecule has 2 heteroatoms. The molecule has 1 fully saturated rings. The van der Waals surface area contributed by atoms with E-state index in [2.05, 4.69) is 61.6 Å². The molecular formula is C12H16S2. The van der Waals surface area contributed by atoms with Crippen LogP contribution in [0, 0.1) is 12.8 Å². The van der Waals surface area contributed by atoms with Crippen LogP contribution < -0.4 is 0 Å². The maximum absolute atomic E-state index is 2.34. The van der Waals surface area contributed by atoms with Gasteiger partial charge in [-0.15, -0.1) is 23.5 Å². The van der Waals surface area contributed by atoms with E-state index in [0.29, 0.717) is 4.58 Å². The molecule has 14 heavy (non-hydrogen) atoms. The lowest BCUT2D eigenvalue weighted by Crippen LogP contribution is -2.10. The molecule has 1 aliphatic rings. The van der Waals surface area contributed by atoms with Crippen LogP contribution in [0.4, 0.5) is 0 Å². The molecule has 2 rings (SSSR count). The van der Waals surface area contributed by atoms with Crippen molar-refractivity contribution in [2.75, 3.05) is 11.5 Å². The van der Waals surface area contributed by atoms with Crippen LogP contribution in [0.1, 0.15) is 22.6 Å². The van der Waals surface area contributed by atoms with Gasteiger partial charge in [0.25, 0.3) is 0 Å². The zero-order chi connectivity index (χ0) is 9.97. The fraction of sp³-hybridized carbons (Fsp3) is 0.500. The minimum absolute atomic E-state index is 0.673. The van der Waals surface area contributed by atoms with E-state index in [-0.39, 0.29) is 0 Å². The topological polar surface area (TPSA) is 0 Å². The first kappa shape index (κ1) is 10.4. The molecule has 76 valence electrons. The van der Waals surface area contributed by atoms with Crippen LogP contribution in [-0.2, 0) is 0 Å². The van der Waals surface area contributed by atoms with Crippen LogP contribution in [0.15, 0.2) is 24.3 Å². The van der Waals surface area contributed by atoms with Crippen LogP contribution in [-0.4, -0.2) is 11.5 Å². The summed E-state index contributed by atoms with van der Waals surface area (Å²) in [5, 5.41) is 0. The summed E-state index contributed by atoms with van der Waals surface area (Å²) < 4.78 is 0.673. The molecule has 1 aromatic carbocycles. The van der Waals surface area contributed by atoms with Gasteiger partial charge in [0, 0.05) is 0 Å². The molecule has 1 aromatic rings. The highest BCUT2D eigenvalue weighted by atomic mass is 32.2. The highest BCUT2D eigenvalue weighted by Crippen LogP contribution is 2.45. The van der Waals surface area contributed by atoms with E-state index in [9.17, 15) is 0 Å². The van der Waals surface area contributed by atoms with Gasteiger partial charge < -0.3 is 0 Å². The van der Waals surface area contributed by atoms with Crippen molar-refractivity contribution in [1.82, 2.24) is 0 Å². The van der Waals surface area contributed by atoms with Gasteiger partial charge in [-0.3, -0.25) is 0 Å². The van der Waals surface area contributed by atoms with Gasteiger partial charge in [0.15, 0.2) is 0 Å². The first-order valence-corrected chi connectivity index (χ1v) is 7.15. The molecule has 0 spiro atoms. The summed E-state index contributed by atoms with van der Waals surface area (Å²) >= 11 is 4.19. The lowest BCUT2D eigenvalue weighted by atomic mass is 10.2. The number of aryl methyl sites for hydroxylation is 1. The largest absolute Gasteiger partial charge is 0.142 e.